The van der Waals surface area contributed by atoms with E-state index in [1.807, 2.05) is 0 Å². The third-order valence-electron chi connectivity index (χ3n) is 2.37. The van der Waals surface area contributed by atoms with Gasteiger partial charge < -0.3 is 10.4 Å². The molecule has 0 radical (unpaired) electrons. The van der Waals surface area contributed by atoms with E-state index in [4.69, 9.17) is 16.7 Å². The van der Waals surface area contributed by atoms with Crippen LogP contribution in [0.2, 0.25) is 5.15 Å². The highest BCUT2D eigenvalue weighted by Crippen LogP contribution is 2.35. The van der Waals surface area contributed by atoms with E-state index in [2.05, 4.69) is 15.3 Å². The van der Waals surface area contributed by atoms with Crippen LogP contribution >= 0.6 is 11.6 Å². The summed E-state index contributed by atoms with van der Waals surface area (Å²) in [5, 5.41) is 11.5. The predicted octanol–water partition coefficient (Wildman–Crippen LogP) is 0.477. The van der Waals surface area contributed by atoms with Gasteiger partial charge >= 0.3 is 5.97 Å². The molecular formula is C9H8ClN3O3. The number of nitrogens with zero attached hydrogens (tertiary/aromatic N) is 2. The van der Waals surface area contributed by atoms with E-state index in [-0.39, 0.29) is 10.8 Å². The predicted molar refractivity (Wildman–Crippen MR) is 54.1 cm³/mol. The van der Waals surface area contributed by atoms with Crippen LogP contribution in [0.15, 0.2) is 12.4 Å². The Morgan fingerprint density at radius 2 is 2.06 bits per heavy atom. The zero-order chi connectivity index (χ0) is 11.8. The molecular weight excluding hydrogens is 234 g/mol. The van der Waals surface area contributed by atoms with Crippen molar-refractivity contribution < 1.29 is 14.7 Å². The second-order valence-corrected chi connectivity index (χ2v) is 3.95. The second kappa shape index (κ2) is 3.71. The number of aromatic nitrogens is 2. The summed E-state index contributed by atoms with van der Waals surface area (Å²) in [7, 11) is 0. The number of aliphatic carboxylic acids is 1. The van der Waals surface area contributed by atoms with Crippen molar-refractivity contribution in [2.45, 2.75) is 18.4 Å². The third-order valence-corrected chi connectivity index (χ3v) is 2.56. The molecule has 1 aromatic rings. The average Bonchev–Trinajstić information content (AvgIpc) is 3.00. The Morgan fingerprint density at radius 1 is 1.38 bits per heavy atom. The van der Waals surface area contributed by atoms with E-state index < -0.39 is 17.4 Å². The van der Waals surface area contributed by atoms with Gasteiger partial charge in [-0.15, -0.1) is 0 Å². The lowest BCUT2D eigenvalue weighted by atomic mass is 10.2. The monoisotopic (exact) mass is 241 g/mol. The van der Waals surface area contributed by atoms with Gasteiger partial charge in [-0.3, -0.25) is 4.79 Å². The lowest BCUT2D eigenvalue weighted by molar-refractivity contribution is -0.140. The van der Waals surface area contributed by atoms with Crippen molar-refractivity contribution in [3.63, 3.8) is 0 Å². The lowest BCUT2D eigenvalue weighted by Gasteiger charge is -2.11. The van der Waals surface area contributed by atoms with Crippen LogP contribution < -0.4 is 5.32 Å². The maximum absolute atomic E-state index is 11.6. The maximum Gasteiger partial charge on any atom is 0.329 e. The maximum atomic E-state index is 11.6. The molecule has 1 saturated carbocycles. The van der Waals surface area contributed by atoms with Crippen LogP contribution in [0.1, 0.15) is 23.3 Å². The fourth-order valence-corrected chi connectivity index (χ4v) is 1.33. The molecule has 0 atom stereocenters. The summed E-state index contributed by atoms with van der Waals surface area (Å²) in [6, 6.07) is 0. The largest absolute Gasteiger partial charge is 0.480 e. The van der Waals surface area contributed by atoms with E-state index in [0.717, 1.165) is 0 Å². The smallest absolute Gasteiger partial charge is 0.329 e. The topological polar surface area (TPSA) is 92.2 Å². The molecule has 1 aromatic heterocycles. The van der Waals surface area contributed by atoms with Crippen LogP contribution in [0.5, 0.6) is 0 Å². The molecule has 2 rings (SSSR count). The average molecular weight is 242 g/mol. The summed E-state index contributed by atoms with van der Waals surface area (Å²) in [4.78, 5) is 29.9. The molecule has 0 saturated heterocycles. The van der Waals surface area contributed by atoms with Gasteiger partial charge in [-0.25, -0.2) is 14.8 Å². The quantitative estimate of drug-likeness (QED) is 0.803. The molecule has 84 valence electrons. The standard InChI is InChI=1S/C9H8ClN3O3/c10-6-4-11-5(3-12-6)7(14)13-9(1-2-9)8(15)16/h3-4H,1-2H2,(H,13,14)(H,15,16). The number of carboxylic acids is 1. The first-order valence-corrected chi connectivity index (χ1v) is 4.95. The fourth-order valence-electron chi connectivity index (χ4n) is 1.23. The van der Waals surface area contributed by atoms with Crippen LogP contribution in [0, 0.1) is 0 Å². The van der Waals surface area contributed by atoms with Crippen molar-refractivity contribution in [3.8, 4) is 0 Å². The minimum atomic E-state index is -1.11. The van der Waals surface area contributed by atoms with Crippen molar-refractivity contribution in [1.82, 2.24) is 15.3 Å². The molecule has 1 amide bonds. The molecule has 0 bridgehead atoms. The SMILES string of the molecule is O=C(NC1(C(=O)O)CC1)c1cnc(Cl)cn1. The summed E-state index contributed by atoms with van der Waals surface area (Å²) >= 11 is 5.51. The Bertz CT molecular complexity index is 442. The first-order valence-electron chi connectivity index (χ1n) is 4.57. The van der Waals surface area contributed by atoms with Gasteiger partial charge in [-0.05, 0) is 12.8 Å². The van der Waals surface area contributed by atoms with E-state index in [1.54, 1.807) is 0 Å². The molecule has 1 fully saturated rings. The molecule has 0 spiro atoms. The van der Waals surface area contributed by atoms with E-state index in [1.165, 1.54) is 12.4 Å². The minimum absolute atomic E-state index is 0.0527. The van der Waals surface area contributed by atoms with Crippen molar-refractivity contribution >= 4 is 23.5 Å². The lowest BCUT2D eigenvalue weighted by Crippen LogP contribution is -2.43. The van der Waals surface area contributed by atoms with Gasteiger partial charge in [0.15, 0.2) is 0 Å². The summed E-state index contributed by atoms with van der Waals surface area (Å²) in [5.74, 6) is -1.58. The molecule has 1 heterocycles. The number of carbonyl (C=O) groups is 2. The molecule has 7 heteroatoms. The Hall–Kier alpha value is -1.69. The van der Waals surface area contributed by atoms with Crippen LogP contribution in [-0.2, 0) is 4.79 Å². The van der Waals surface area contributed by atoms with Gasteiger partial charge in [0.1, 0.15) is 16.4 Å². The summed E-state index contributed by atoms with van der Waals surface area (Å²) in [6.45, 7) is 0. The highest BCUT2D eigenvalue weighted by Gasteiger charge is 2.51. The number of amides is 1. The first-order chi connectivity index (χ1) is 7.53. The van der Waals surface area contributed by atoms with Crippen molar-refractivity contribution in [2.24, 2.45) is 0 Å². The second-order valence-electron chi connectivity index (χ2n) is 3.57. The number of halogens is 1. The minimum Gasteiger partial charge on any atom is -0.480 e. The number of rotatable bonds is 3. The Balaban J connectivity index is 2.09. The van der Waals surface area contributed by atoms with Crippen molar-refractivity contribution in [3.05, 3.63) is 23.2 Å². The number of carbonyl (C=O) groups excluding carboxylic acids is 1. The fraction of sp³-hybridized carbons (Fsp3) is 0.333. The molecule has 0 aromatic carbocycles. The molecule has 2 N–H and O–H groups in total. The number of hydrogen-bond acceptors (Lipinski definition) is 4. The highest BCUT2D eigenvalue weighted by atomic mass is 35.5. The number of carboxylic acid groups (broad SMARTS) is 1. The molecule has 6 nitrogen and oxygen atoms in total. The van der Waals surface area contributed by atoms with Gasteiger partial charge in [-0.1, -0.05) is 11.6 Å². The zero-order valence-electron chi connectivity index (χ0n) is 8.11. The van der Waals surface area contributed by atoms with Crippen LogP contribution in [0.4, 0.5) is 0 Å². The van der Waals surface area contributed by atoms with Crippen LogP contribution in [0.3, 0.4) is 0 Å². The first kappa shape index (κ1) is 10.8. The molecule has 1 aliphatic rings. The van der Waals surface area contributed by atoms with Gasteiger partial charge in [0.25, 0.3) is 5.91 Å². The summed E-state index contributed by atoms with van der Waals surface area (Å²) < 4.78 is 0. The third kappa shape index (κ3) is 1.96. The van der Waals surface area contributed by atoms with Gasteiger partial charge in [0, 0.05) is 0 Å². The highest BCUT2D eigenvalue weighted by molar-refractivity contribution is 6.29. The summed E-state index contributed by atoms with van der Waals surface area (Å²) in [6.07, 6.45) is 3.32. The van der Waals surface area contributed by atoms with E-state index >= 15 is 0 Å². The van der Waals surface area contributed by atoms with Gasteiger partial charge in [0.2, 0.25) is 0 Å². The van der Waals surface area contributed by atoms with E-state index in [0.29, 0.717) is 12.8 Å². The normalized spacial score (nSPS) is 16.6. The van der Waals surface area contributed by atoms with Gasteiger partial charge in [-0.2, -0.15) is 0 Å². The molecule has 16 heavy (non-hydrogen) atoms. The summed E-state index contributed by atoms with van der Waals surface area (Å²) in [5.41, 5.74) is -1.06. The van der Waals surface area contributed by atoms with Gasteiger partial charge in [0.05, 0.1) is 12.4 Å². The Kier molecular flexibility index (Phi) is 2.51. The number of nitrogens with one attached hydrogen (secondary N) is 1. The Morgan fingerprint density at radius 3 is 2.50 bits per heavy atom. The molecule has 0 aliphatic heterocycles. The zero-order valence-corrected chi connectivity index (χ0v) is 8.86. The van der Waals surface area contributed by atoms with Crippen molar-refractivity contribution in [2.75, 3.05) is 0 Å². The Labute approximate surface area is 95.7 Å². The molecule has 0 unspecified atom stereocenters. The number of hydrogen-bond donors (Lipinski definition) is 2. The van der Waals surface area contributed by atoms with E-state index in [9.17, 15) is 9.59 Å². The van der Waals surface area contributed by atoms with Crippen molar-refractivity contribution in [1.29, 1.82) is 0 Å². The van der Waals surface area contributed by atoms with Crippen LogP contribution in [-0.4, -0.2) is 32.5 Å². The van der Waals surface area contributed by atoms with Crippen LogP contribution in [0.25, 0.3) is 0 Å². The molecule has 1 aliphatic carbocycles.